The van der Waals surface area contributed by atoms with Crippen LogP contribution < -0.4 is 11.1 Å². The van der Waals surface area contributed by atoms with E-state index >= 15 is 0 Å². The van der Waals surface area contributed by atoms with Crippen LogP contribution in [-0.2, 0) is 9.59 Å². The Morgan fingerprint density at radius 3 is 2.38 bits per heavy atom. The molecule has 0 spiro atoms. The average Bonchev–Trinajstić information content (AvgIpc) is 2.16. The van der Waals surface area contributed by atoms with Crippen LogP contribution in [0.4, 0.5) is 0 Å². The number of nitrogens with two attached hydrogens (primary N) is 1. The Hall–Kier alpha value is -2.04. The minimum Gasteiger partial charge on any atom is -0.478 e. The van der Waals surface area contributed by atoms with Crippen molar-refractivity contribution < 1.29 is 14.7 Å². The van der Waals surface area contributed by atoms with Gasteiger partial charge in [0.2, 0.25) is 5.91 Å². The number of rotatable bonds is 5. The van der Waals surface area contributed by atoms with Crippen molar-refractivity contribution >= 4 is 11.9 Å². The van der Waals surface area contributed by atoms with E-state index in [0.717, 1.165) is 0 Å². The summed E-state index contributed by atoms with van der Waals surface area (Å²) in [6.07, 6.45) is 3.79. The third kappa shape index (κ3) is 4.99. The normalized spacial score (nSPS) is 12.4. The van der Waals surface area contributed by atoms with Gasteiger partial charge in [-0.3, -0.25) is 4.79 Å². The predicted molar refractivity (Wildman–Crippen MR) is 61.2 cm³/mol. The molecule has 5 nitrogen and oxygen atoms in total. The van der Waals surface area contributed by atoms with Gasteiger partial charge in [0.15, 0.2) is 0 Å². The first kappa shape index (κ1) is 14.0. The van der Waals surface area contributed by atoms with Crippen LogP contribution in [0.3, 0.4) is 0 Å². The van der Waals surface area contributed by atoms with E-state index in [0.29, 0.717) is 0 Å². The number of carbonyl (C=O) groups excluding carboxylic acids is 1. The lowest BCUT2D eigenvalue weighted by atomic mass is 10.2. The number of nitrogens with one attached hydrogen (secondary N) is 1. The summed E-state index contributed by atoms with van der Waals surface area (Å²) in [6.45, 7) is 6.80. The van der Waals surface area contributed by atoms with Crippen LogP contribution in [0.1, 0.15) is 13.8 Å². The summed E-state index contributed by atoms with van der Waals surface area (Å²) in [5.41, 5.74) is 5.43. The van der Waals surface area contributed by atoms with Crippen LogP contribution >= 0.6 is 0 Å². The van der Waals surface area contributed by atoms with Crippen molar-refractivity contribution in [1.29, 1.82) is 0 Å². The van der Waals surface area contributed by atoms with E-state index in [2.05, 4.69) is 11.9 Å². The average molecular weight is 224 g/mol. The highest BCUT2D eigenvalue weighted by atomic mass is 16.4. The lowest BCUT2D eigenvalue weighted by molar-refractivity contribution is -0.132. The maximum Gasteiger partial charge on any atom is 0.335 e. The minimum absolute atomic E-state index is 0.00537. The molecule has 0 aliphatic rings. The van der Waals surface area contributed by atoms with E-state index in [-0.39, 0.29) is 23.2 Å². The summed E-state index contributed by atoms with van der Waals surface area (Å²) in [5.74, 6) is -1.63. The lowest BCUT2D eigenvalue weighted by Gasteiger charge is -2.07. The zero-order valence-electron chi connectivity index (χ0n) is 9.36. The number of amides is 1. The molecule has 1 amide bonds. The molecule has 88 valence electrons. The molecule has 0 radical (unpaired) electrons. The monoisotopic (exact) mass is 224 g/mol. The summed E-state index contributed by atoms with van der Waals surface area (Å²) in [6, 6.07) is 0. The van der Waals surface area contributed by atoms with E-state index in [4.69, 9.17) is 10.8 Å². The Balaban J connectivity index is 4.75. The molecule has 0 bridgehead atoms. The topological polar surface area (TPSA) is 92.4 Å². The quantitative estimate of drug-likeness (QED) is 0.474. The van der Waals surface area contributed by atoms with Gasteiger partial charge in [-0.25, -0.2) is 4.79 Å². The highest BCUT2D eigenvalue weighted by Crippen LogP contribution is 2.00. The third-order valence-electron chi connectivity index (χ3n) is 1.65. The van der Waals surface area contributed by atoms with Crippen molar-refractivity contribution in [1.82, 2.24) is 5.32 Å². The molecule has 16 heavy (non-hydrogen) atoms. The van der Waals surface area contributed by atoms with E-state index in [1.807, 2.05) is 0 Å². The molecule has 0 aliphatic carbocycles. The van der Waals surface area contributed by atoms with Crippen molar-refractivity contribution in [3.63, 3.8) is 0 Å². The van der Waals surface area contributed by atoms with Crippen LogP contribution in [0.2, 0.25) is 0 Å². The van der Waals surface area contributed by atoms with E-state index in [1.165, 1.54) is 18.2 Å². The molecule has 0 rings (SSSR count). The largest absolute Gasteiger partial charge is 0.478 e. The van der Waals surface area contributed by atoms with Gasteiger partial charge < -0.3 is 16.2 Å². The minimum atomic E-state index is -1.14. The zero-order valence-corrected chi connectivity index (χ0v) is 9.36. The van der Waals surface area contributed by atoms with Crippen LogP contribution in [0.5, 0.6) is 0 Å². The van der Waals surface area contributed by atoms with Gasteiger partial charge in [-0.2, -0.15) is 0 Å². The molecule has 0 atom stereocenters. The molecule has 0 unspecified atom stereocenters. The summed E-state index contributed by atoms with van der Waals surface area (Å²) < 4.78 is 0. The third-order valence-corrected chi connectivity index (χ3v) is 1.65. The standard InChI is InChI=1S/C11H16N2O3/c1-4-5-8(11(15)16)6-9(12)13-10(14)7(2)3/h4-7H,1,12H2,2-3H3,(H,13,14)(H,15,16)/b8-5+,9-6+. The maximum absolute atomic E-state index is 11.2. The number of hydrogen-bond donors (Lipinski definition) is 3. The molecule has 0 saturated heterocycles. The molecule has 0 heterocycles. The fraction of sp³-hybridized carbons (Fsp3) is 0.273. The number of carboxylic acids is 1. The number of aliphatic carboxylic acids is 1. The first-order valence-corrected chi connectivity index (χ1v) is 4.72. The molecule has 0 fully saturated rings. The van der Waals surface area contributed by atoms with Crippen LogP contribution in [0.25, 0.3) is 0 Å². The van der Waals surface area contributed by atoms with Crippen LogP contribution in [0, 0.1) is 5.92 Å². The fourth-order valence-electron chi connectivity index (χ4n) is 0.798. The molecule has 0 aromatic rings. The maximum atomic E-state index is 11.2. The Kier molecular flexibility index (Phi) is 5.62. The highest BCUT2D eigenvalue weighted by Gasteiger charge is 2.08. The Morgan fingerprint density at radius 1 is 1.44 bits per heavy atom. The second-order valence-corrected chi connectivity index (χ2v) is 3.41. The van der Waals surface area contributed by atoms with Crippen LogP contribution in [-0.4, -0.2) is 17.0 Å². The SMILES string of the molecule is C=C/C=C(\C=C(/N)NC(=O)C(C)C)C(=O)O. The molecular formula is C11H16N2O3. The number of allylic oxidation sites excluding steroid dienone is 2. The Labute approximate surface area is 94.3 Å². The molecular weight excluding hydrogens is 208 g/mol. The van der Waals surface area contributed by atoms with E-state index in [9.17, 15) is 9.59 Å². The lowest BCUT2D eigenvalue weighted by Crippen LogP contribution is -2.31. The summed E-state index contributed by atoms with van der Waals surface area (Å²) >= 11 is 0. The molecule has 0 saturated carbocycles. The zero-order chi connectivity index (χ0) is 12.7. The van der Waals surface area contributed by atoms with Crippen molar-refractivity contribution in [3.05, 3.63) is 36.2 Å². The second-order valence-electron chi connectivity index (χ2n) is 3.41. The van der Waals surface area contributed by atoms with Gasteiger partial charge in [0.25, 0.3) is 0 Å². The van der Waals surface area contributed by atoms with Gasteiger partial charge in [0.1, 0.15) is 5.82 Å². The first-order chi connectivity index (χ1) is 7.38. The van der Waals surface area contributed by atoms with Gasteiger partial charge in [0.05, 0.1) is 5.57 Å². The Bertz CT molecular complexity index is 354. The van der Waals surface area contributed by atoms with Crippen molar-refractivity contribution in [2.24, 2.45) is 11.7 Å². The number of carbonyl (C=O) groups is 2. The fourth-order valence-corrected chi connectivity index (χ4v) is 0.798. The van der Waals surface area contributed by atoms with E-state index < -0.39 is 5.97 Å². The van der Waals surface area contributed by atoms with Crippen molar-refractivity contribution in [2.45, 2.75) is 13.8 Å². The summed E-state index contributed by atoms with van der Waals surface area (Å²) in [4.78, 5) is 22.0. The van der Waals surface area contributed by atoms with E-state index in [1.54, 1.807) is 13.8 Å². The van der Waals surface area contributed by atoms with Crippen LogP contribution in [0.15, 0.2) is 36.2 Å². The highest BCUT2D eigenvalue weighted by molar-refractivity contribution is 5.90. The van der Waals surface area contributed by atoms with Crippen molar-refractivity contribution in [2.75, 3.05) is 0 Å². The summed E-state index contributed by atoms with van der Waals surface area (Å²) in [5, 5.41) is 11.2. The number of hydrogen-bond acceptors (Lipinski definition) is 3. The molecule has 0 aromatic carbocycles. The van der Waals surface area contributed by atoms with Gasteiger partial charge in [-0.1, -0.05) is 26.5 Å². The molecule has 0 aromatic heterocycles. The van der Waals surface area contributed by atoms with Crippen molar-refractivity contribution in [3.8, 4) is 0 Å². The molecule has 0 aliphatic heterocycles. The van der Waals surface area contributed by atoms with Gasteiger partial charge >= 0.3 is 5.97 Å². The van der Waals surface area contributed by atoms with Gasteiger partial charge in [-0.05, 0) is 12.2 Å². The molecule has 5 heteroatoms. The van der Waals surface area contributed by atoms with Gasteiger partial charge in [0, 0.05) is 5.92 Å². The smallest absolute Gasteiger partial charge is 0.335 e. The first-order valence-electron chi connectivity index (χ1n) is 4.72. The predicted octanol–water partition coefficient (Wildman–Crippen LogP) is 0.756. The number of carboxylic acid groups (broad SMARTS) is 1. The Morgan fingerprint density at radius 2 is 2.00 bits per heavy atom. The second kappa shape index (κ2) is 6.44. The van der Waals surface area contributed by atoms with Gasteiger partial charge in [-0.15, -0.1) is 0 Å². The summed E-state index contributed by atoms with van der Waals surface area (Å²) in [7, 11) is 0. The molecule has 4 N–H and O–H groups in total.